The second-order valence-corrected chi connectivity index (χ2v) is 8.12. The minimum atomic E-state index is -3.72. The molecule has 24 heavy (non-hydrogen) atoms. The van der Waals surface area contributed by atoms with Crippen molar-refractivity contribution in [1.29, 1.82) is 0 Å². The van der Waals surface area contributed by atoms with Gasteiger partial charge in [0.2, 0.25) is 15.9 Å². The summed E-state index contributed by atoms with van der Waals surface area (Å²) in [6, 6.07) is 4.39. The summed E-state index contributed by atoms with van der Waals surface area (Å²) in [4.78, 5) is 11.5. The fraction of sp³-hybridized carbons (Fsp3) is 0.562. The molecule has 0 saturated carbocycles. The minimum absolute atomic E-state index is 0.0448. The number of benzene rings is 1. The van der Waals surface area contributed by atoms with E-state index in [2.05, 4.69) is 10.0 Å². The Morgan fingerprint density at radius 1 is 1.38 bits per heavy atom. The van der Waals surface area contributed by atoms with E-state index in [1.807, 2.05) is 0 Å². The number of hydrogen-bond acceptors (Lipinski definition) is 5. The van der Waals surface area contributed by atoms with Crippen LogP contribution in [0.2, 0.25) is 0 Å². The molecule has 1 aliphatic heterocycles. The molecule has 134 valence electrons. The number of nitrogens with one attached hydrogen (secondary N) is 2. The predicted octanol–water partition coefficient (Wildman–Crippen LogP) is 0.388. The van der Waals surface area contributed by atoms with Gasteiger partial charge < -0.3 is 15.8 Å². The van der Waals surface area contributed by atoms with Crippen LogP contribution >= 0.6 is 0 Å². The van der Waals surface area contributed by atoms with E-state index >= 15 is 0 Å². The highest BCUT2D eigenvalue weighted by Crippen LogP contribution is 2.29. The molecule has 1 aliphatic rings. The lowest BCUT2D eigenvalue weighted by molar-refractivity contribution is 0.0577. The summed E-state index contributed by atoms with van der Waals surface area (Å²) in [5.74, 6) is -0.640. The van der Waals surface area contributed by atoms with E-state index in [-0.39, 0.29) is 15.9 Å². The van der Waals surface area contributed by atoms with Gasteiger partial charge in [0.25, 0.3) is 0 Å². The van der Waals surface area contributed by atoms with Gasteiger partial charge in [0.15, 0.2) is 0 Å². The van der Waals surface area contributed by atoms with E-state index in [0.717, 1.165) is 25.9 Å². The maximum atomic E-state index is 12.6. The summed E-state index contributed by atoms with van der Waals surface area (Å²) in [6.45, 7) is 4.18. The average molecular weight is 355 g/mol. The fourth-order valence-electron chi connectivity index (χ4n) is 3.00. The van der Waals surface area contributed by atoms with Crippen LogP contribution in [0.4, 0.5) is 0 Å². The lowest BCUT2D eigenvalue weighted by Gasteiger charge is -2.37. The Balaban J connectivity index is 2.18. The number of ether oxygens (including phenoxy) is 1. The second kappa shape index (κ2) is 7.60. The number of aryl methyl sites for hydroxylation is 1. The van der Waals surface area contributed by atoms with Crippen molar-refractivity contribution in [2.45, 2.75) is 24.7 Å². The van der Waals surface area contributed by atoms with E-state index in [9.17, 15) is 13.2 Å². The molecular formula is C16H25N3O4S. The van der Waals surface area contributed by atoms with Gasteiger partial charge >= 0.3 is 0 Å². The van der Waals surface area contributed by atoms with E-state index in [0.29, 0.717) is 18.7 Å². The van der Waals surface area contributed by atoms with Crippen LogP contribution in [-0.2, 0) is 14.8 Å². The summed E-state index contributed by atoms with van der Waals surface area (Å²) < 4.78 is 33.1. The third-order valence-corrected chi connectivity index (χ3v) is 5.94. The number of carbonyl (C=O) groups is 1. The smallest absolute Gasteiger partial charge is 0.249 e. The number of rotatable bonds is 7. The first kappa shape index (κ1) is 18.9. The standard InChI is InChI=1S/C16H25N3O4S/c1-12-3-4-13(9-14(12)15(17)20)24(21,22)19-10-16(11-23-2)5-7-18-8-6-16/h3-4,9,18-19H,5-8,10-11H2,1-2H3,(H2,17,20). The highest BCUT2D eigenvalue weighted by molar-refractivity contribution is 7.89. The SMILES string of the molecule is COCC1(CNS(=O)(=O)c2ccc(C)c(C(N)=O)c2)CCNCC1. The largest absolute Gasteiger partial charge is 0.384 e. The molecule has 0 radical (unpaired) electrons. The van der Waals surface area contributed by atoms with Crippen LogP contribution in [0.15, 0.2) is 23.1 Å². The lowest BCUT2D eigenvalue weighted by Crippen LogP contribution is -2.47. The maximum absolute atomic E-state index is 12.6. The predicted molar refractivity (Wildman–Crippen MR) is 91.3 cm³/mol. The molecule has 1 aromatic rings. The molecule has 8 heteroatoms. The zero-order valence-electron chi connectivity index (χ0n) is 14.1. The van der Waals surface area contributed by atoms with Crippen LogP contribution in [0.25, 0.3) is 0 Å². The van der Waals surface area contributed by atoms with E-state index in [4.69, 9.17) is 10.5 Å². The zero-order valence-corrected chi connectivity index (χ0v) is 14.9. The molecule has 7 nitrogen and oxygen atoms in total. The molecule has 1 saturated heterocycles. The molecule has 1 fully saturated rings. The molecule has 1 amide bonds. The minimum Gasteiger partial charge on any atom is -0.384 e. The molecule has 1 heterocycles. The fourth-order valence-corrected chi connectivity index (χ4v) is 4.18. The van der Waals surface area contributed by atoms with Crippen molar-refractivity contribution < 1.29 is 17.9 Å². The van der Waals surface area contributed by atoms with Gasteiger partial charge in [-0.2, -0.15) is 0 Å². The van der Waals surface area contributed by atoms with Gasteiger partial charge in [-0.05, 0) is 50.6 Å². The van der Waals surface area contributed by atoms with E-state index in [1.165, 1.54) is 12.1 Å². The molecule has 1 aromatic carbocycles. The van der Waals surface area contributed by atoms with Crippen LogP contribution in [0, 0.1) is 12.3 Å². The maximum Gasteiger partial charge on any atom is 0.249 e. The van der Waals surface area contributed by atoms with Gasteiger partial charge in [-0.1, -0.05) is 6.07 Å². The molecule has 0 aliphatic carbocycles. The Morgan fingerprint density at radius 2 is 2.04 bits per heavy atom. The molecule has 0 bridgehead atoms. The van der Waals surface area contributed by atoms with Crippen molar-refractivity contribution in [2.75, 3.05) is 33.4 Å². The summed E-state index contributed by atoms with van der Waals surface area (Å²) in [6.07, 6.45) is 1.67. The number of nitrogens with two attached hydrogens (primary N) is 1. The molecule has 0 unspecified atom stereocenters. The first-order valence-electron chi connectivity index (χ1n) is 7.89. The highest BCUT2D eigenvalue weighted by Gasteiger charge is 2.33. The molecule has 0 spiro atoms. The molecule has 2 rings (SSSR count). The van der Waals surface area contributed by atoms with Gasteiger partial charge in [0, 0.05) is 24.6 Å². The van der Waals surface area contributed by atoms with Crippen LogP contribution < -0.4 is 15.8 Å². The monoisotopic (exact) mass is 355 g/mol. The topological polar surface area (TPSA) is 111 Å². The van der Waals surface area contributed by atoms with Crippen molar-refractivity contribution >= 4 is 15.9 Å². The Bertz CT molecular complexity index is 692. The summed E-state index contributed by atoms with van der Waals surface area (Å²) >= 11 is 0. The Kier molecular flexibility index (Phi) is 5.97. The van der Waals surface area contributed by atoms with Crippen molar-refractivity contribution in [1.82, 2.24) is 10.0 Å². The van der Waals surface area contributed by atoms with Crippen molar-refractivity contribution in [3.8, 4) is 0 Å². The van der Waals surface area contributed by atoms with Crippen molar-refractivity contribution in [2.24, 2.45) is 11.1 Å². The third-order valence-electron chi connectivity index (χ3n) is 4.54. The normalized spacial score (nSPS) is 17.6. The number of sulfonamides is 1. The van der Waals surface area contributed by atoms with Gasteiger partial charge in [-0.3, -0.25) is 4.79 Å². The Morgan fingerprint density at radius 3 is 2.62 bits per heavy atom. The van der Waals surface area contributed by atoms with Crippen LogP contribution in [-0.4, -0.2) is 47.7 Å². The van der Waals surface area contributed by atoms with Crippen molar-refractivity contribution in [3.05, 3.63) is 29.3 Å². The third kappa shape index (κ3) is 4.32. The second-order valence-electron chi connectivity index (χ2n) is 6.35. The Labute approximate surface area is 143 Å². The summed E-state index contributed by atoms with van der Waals surface area (Å²) in [7, 11) is -2.10. The van der Waals surface area contributed by atoms with Gasteiger partial charge in [-0.15, -0.1) is 0 Å². The van der Waals surface area contributed by atoms with Gasteiger partial charge in [0.05, 0.1) is 11.5 Å². The number of hydrogen-bond donors (Lipinski definition) is 3. The van der Waals surface area contributed by atoms with Crippen LogP contribution in [0.5, 0.6) is 0 Å². The van der Waals surface area contributed by atoms with Gasteiger partial charge in [0.1, 0.15) is 0 Å². The number of methoxy groups -OCH3 is 1. The van der Waals surface area contributed by atoms with E-state index in [1.54, 1.807) is 20.1 Å². The van der Waals surface area contributed by atoms with Gasteiger partial charge in [-0.25, -0.2) is 13.1 Å². The number of carbonyl (C=O) groups excluding carboxylic acids is 1. The summed E-state index contributed by atoms with van der Waals surface area (Å²) in [5.41, 5.74) is 5.95. The number of piperidine rings is 1. The van der Waals surface area contributed by atoms with E-state index < -0.39 is 15.9 Å². The number of amides is 1. The Hall–Kier alpha value is -1.48. The molecule has 0 atom stereocenters. The molecular weight excluding hydrogens is 330 g/mol. The lowest BCUT2D eigenvalue weighted by atomic mass is 9.80. The van der Waals surface area contributed by atoms with Crippen molar-refractivity contribution in [3.63, 3.8) is 0 Å². The first-order valence-corrected chi connectivity index (χ1v) is 9.38. The molecule has 0 aromatic heterocycles. The van der Waals surface area contributed by atoms with Crippen LogP contribution in [0.1, 0.15) is 28.8 Å². The molecule has 4 N–H and O–H groups in total. The first-order chi connectivity index (χ1) is 11.3. The average Bonchev–Trinajstić information content (AvgIpc) is 2.54. The highest BCUT2D eigenvalue weighted by atomic mass is 32.2. The quantitative estimate of drug-likeness (QED) is 0.655. The van der Waals surface area contributed by atoms with Crippen LogP contribution in [0.3, 0.4) is 0 Å². The number of primary amides is 1. The zero-order chi connectivity index (χ0) is 17.8. The summed E-state index contributed by atoms with van der Waals surface area (Å²) in [5, 5.41) is 3.27.